The van der Waals surface area contributed by atoms with E-state index in [1.807, 2.05) is 29.2 Å². The molecule has 1 amide bonds. The van der Waals surface area contributed by atoms with Crippen molar-refractivity contribution in [2.75, 3.05) is 0 Å². The first-order valence-corrected chi connectivity index (χ1v) is 7.14. The minimum atomic E-state index is 0.106. The summed E-state index contributed by atoms with van der Waals surface area (Å²) in [6.45, 7) is 4.24. The molecule has 0 radical (unpaired) electrons. The fourth-order valence-corrected chi connectivity index (χ4v) is 2.88. The zero-order valence-corrected chi connectivity index (χ0v) is 12.2. The molecule has 0 aliphatic carbocycles. The van der Waals surface area contributed by atoms with Crippen molar-refractivity contribution >= 4 is 23.1 Å². The highest BCUT2D eigenvalue weighted by molar-refractivity contribution is 7.80. The average molecular weight is 276 g/mol. The Morgan fingerprint density at radius 2 is 1.63 bits per heavy atom. The van der Waals surface area contributed by atoms with Gasteiger partial charge < -0.3 is 10.6 Å². The van der Waals surface area contributed by atoms with Crippen molar-refractivity contribution in [3.05, 3.63) is 35.4 Å². The van der Waals surface area contributed by atoms with E-state index in [4.69, 9.17) is 18.0 Å². The maximum atomic E-state index is 12.6. The van der Waals surface area contributed by atoms with Gasteiger partial charge in [-0.2, -0.15) is 0 Å². The normalized spacial score (nSPS) is 23.2. The van der Waals surface area contributed by atoms with Crippen LogP contribution in [0.4, 0.5) is 0 Å². The number of likely N-dealkylation sites (tertiary alicyclic amines) is 1. The first kappa shape index (κ1) is 14.0. The Balaban J connectivity index is 2.20. The highest BCUT2D eigenvalue weighted by atomic mass is 32.1. The first-order valence-electron chi connectivity index (χ1n) is 6.73. The summed E-state index contributed by atoms with van der Waals surface area (Å²) < 4.78 is 0. The van der Waals surface area contributed by atoms with E-state index in [0.29, 0.717) is 22.6 Å². The zero-order chi connectivity index (χ0) is 14.0. The van der Waals surface area contributed by atoms with Gasteiger partial charge in [-0.3, -0.25) is 4.79 Å². The van der Waals surface area contributed by atoms with Crippen LogP contribution in [0.2, 0.25) is 0 Å². The summed E-state index contributed by atoms with van der Waals surface area (Å²) in [6.07, 6.45) is 3.37. The van der Waals surface area contributed by atoms with Crippen LogP contribution in [-0.4, -0.2) is 27.9 Å². The van der Waals surface area contributed by atoms with Crippen LogP contribution in [-0.2, 0) is 0 Å². The summed E-state index contributed by atoms with van der Waals surface area (Å²) in [4.78, 5) is 14.9. The molecular formula is C15H20N2OS. The zero-order valence-electron chi connectivity index (χ0n) is 11.4. The fraction of sp³-hybridized carbons (Fsp3) is 0.467. The van der Waals surface area contributed by atoms with Crippen LogP contribution in [0.15, 0.2) is 24.3 Å². The lowest BCUT2D eigenvalue weighted by Crippen LogP contribution is -2.47. The van der Waals surface area contributed by atoms with E-state index < -0.39 is 0 Å². The highest BCUT2D eigenvalue weighted by Gasteiger charge is 2.29. The Morgan fingerprint density at radius 3 is 2.11 bits per heavy atom. The molecule has 1 saturated heterocycles. The molecule has 0 spiro atoms. The Kier molecular flexibility index (Phi) is 4.20. The molecule has 3 nitrogen and oxygen atoms in total. The molecule has 1 aliphatic heterocycles. The monoisotopic (exact) mass is 276 g/mol. The van der Waals surface area contributed by atoms with Gasteiger partial charge in [-0.25, -0.2) is 0 Å². The fourth-order valence-electron chi connectivity index (χ4n) is 2.75. The quantitative estimate of drug-likeness (QED) is 0.845. The van der Waals surface area contributed by atoms with E-state index in [1.54, 1.807) is 0 Å². The smallest absolute Gasteiger partial charge is 0.254 e. The second-order valence-corrected chi connectivity index (χ2v) is 5.72. The molecule has 102 valence electrons. The first-order chi connectivity index (χ1) is 9.00. The van der Waals surface area contributed by atoms with Gasteiger partial charge in [0.1, 0.15) is 4.99 Å². The van der Waals surface area contributed by atoms with Gasteiger partial charge >= 0.3 is 0 Å². The summed E-state index contributed by atoms with van der Waals surface area (Å²) in [5.74, 6) is 0.106. The third-order valence-corrected chi connectivity index (χ3v) is 4.08. The number of thiocarbonyl (C=S) groups is 1. The number of carbonyl (C=O) groups is 1. The Bertz CT molecular complexity index is 473. The Morgan fingerprint density at radius 1 is 1.16 bits per heavy atom. The van der Waals surface area contributed by atoms with Crippen LogP contribution >= 0.6 is 12.2 Å². The molecule has 1 aliphatic rings. The van der Waals surface area contributed by atoms with Crippen molar-refractivity contribution < 1.29 is 4.79 Å². The molecule has 1 aromatic carbocycles. The van der Waals surface area contributed by atoms with Crippen LogP contribution in [0.25, 0.3) is 0 Å². The lowest BCUT2D eigenvalue weighted by atomic mass is 9.96. The maximum Gasteiger partial charge on any atom is 0.254 e. The summed E-state index contributed by atoms with van der Waals surface area (Å²) in [6, 6.07) is 7.87. The number of hydrogen-bond donors (Lipinski definition) is 1. The van der Waals surface area contributed by atoms with Gasteiger partial charge in [0, 0.05) is 23.2 Å². The van der Waals surface area contributed by atoms with Crippen molar-refractivity contribution in [1.82, 2.24) is 4.90 Å². The van der Waals surface area contributed by atoms with E-state index in [2.05, 4.69) is 13.8 Å². The molecule has 1 aromatic rings. The van der Waals surface area contributed by atoms with Crippen molar-refractivity contribution in [1.29, 1.82) is 0 Å². The number of carbonyl (C=O) groups excluding carboxylic acids is 1. The van der Waals surface area contributed by atoms with Crippen LogP contribution in [0.3, 0.4) is 0 Å². The minimum Gasteiger partial charge on any atom is -0.389 e. The highest BCUT2D eigenvalue weighted by Crippen LogP contribution is 2.24. The molecule has 1 fully saturated rings. The number of rotatable bonds is 2. The van der Waals surface area contributed by atoms with Crippen molar-refractivity contribution in [2.45, 2.75) is 45.2 Å². The molecule has 0 saturated carbocycles. The number of hydrogen-bond acceptors (Lipinski definition) is 2. The second-order valence-electron chi connectivity index (χ2n) is 5.28. The van der Waals surface area contributed by atoms with E-state index >= 15 is 0 Å². The summed E-state index contributed by atoms with van der Waals surface area (Å²) in [5, 5.41) is 0. The van der Waals surface area contributed by atoms with E-state index in [0.717, 1.165) is 18.4 Å². The number of piperidine rings is 1. The molecule has 4 heteroatoms. The SMILES string of the molecule is C[C@@H]1CCC[C@H](C)N1C(=O)c1ccc(C(N)=S)cc1. The third-order valence-electron chi connectivity index (χ3n) is 3.84. The molecular weight excluding hydrogens is 256 g/mol. The maximum absolute atomic E-state index is 12.6. The average Bonchev–Trinajstić information content (AvgIpc) is 2.38. The largest absolute Gasteiger partial charge is 0.389 e. The molecule has 0 bridgehead atoms. The van der Waals surface area contributed by atoms with Crippen molar-refractivity contribution in [3.63, 3.8) is 0 Å². The summed E-state index contributed by atoms with van der Waals surface area (Å²) in [7, 11) is 0. The van der Waals surface area contributed by atoms with E-state index in [1.165, 1.54) is 6.42 Å². The Hall–Kier alpha value is -1.42. The lowest BCUT2D eigenvalue weighted by Gasteiger charge is -2.39. The Labute approximate surface area is 119 Å². The van der Waals surface area contributed by atoms with Gasteiger partial charge in [-0.15, -0.1) is 0 Å². The molecule has 2 atom stereocenters. The number of benzene rings is 1. The minimum absolute atomic E-state index is 0.106. The van der Waals surface area contributed by atoms with Gasteiger partial charge in [-0.1, -0.05) is 24.4 Å². The lowest BCUT2D eigenvalue weighted by molar-refractivity contribution is 0.0511. The molecule has 0 aromatic heterocycles. The third kappa shape index (κ3) is 2.95. The van der Waals surface area contributed by atoms with Crippen molar-refractivity contribution in [2.24, 2.45) is 5.73 Å². The van der Waals surface area contributed by atoms with Gasteiger partial charge in [0.05, 0.1) is 0 Å². The van der Waals surface area contributed by atoms with Gasteiger partial charge in [-0.05, 0) is 45.2 Å². The molecule has 2 rings (SSSR count). The van der Waals surface area contributed by atoms with Gasteiger partial charge in [0.25, 0.3) is 5.91 Å². The predicted molar refractivity (Wildman–Crippen MR) is 81.3 cm³/mol. The summed E-state index contributed by atoms with van der Waals surface area (Å²) >= 11 is 4.92. The number of nitrogens with two attached hydrogens (primary N) is 1. The van der Waals surface area contributed by atoms with Crippen LogP contribution in [0.1, 0.15) is 49.0 Å². The van der Waals surface area contributed by atoms with E-state index in [9.17, 15) is 4.79 Å². The van der Waals surface area contributed by atoms with Crippen LogP contribution < -0.4 is 5.73 Å². The standard InChI is InChI=1S/C15H20N2OS/c1-10-4-3-5-11(2)17(10)15(18)13-8-6-12(7-9-13)14(16)19/h6-11H,3-5H2,1-2H3,(H2,16,19)/t10-,11+. The molecule has 19 heavy (non-hydrogen) atoms. The van der Waals surface area contributed by atoms with Crippen LogP contribution in [0, 0.1) is 0 Å². The number of amides is 1. The molecule has 1 heterocycles. The molecule has 2 N–H and O–H groups in total. The summed E-state index contributed by atoms with van der Waals surface area (Å²) in [5.41, 5.74) is 7.07. The van der Waals surface area contributed by atoms with E-state index in [-0.39, 0.29) is 5.91 Å². The van der Waals surface area contributed by atoms with Crippen molar-refractivity contribution in [3.8, 4) is 0 Å². The van der Waals surface area contributed by atoms with Gasteiger partial charge in [0.15, 0.2) is 0 Å². The second kappa shape index (κ2) is 5.70. The van der Waals surface area contributed by atoms with Crippen LogP contribution in [0.5, 0.6) is 0 Å². The molecule has 0 unspecified atom stereocenters. The predicted octanol–water partition coefficient (Wildman–Crippen LogP) is 2.72. The number of nitrogens with zero attached hydrogens (tertiary/aromatic N) is 1. The topological polar surface area (TPSA) is 46.3 Å². The van der Waals surface area contributed by atoms with Gasteiger partial charge in [0.2, 0.25) is 0 Å².